The number of rotatable bonds is 2. The standard InChI is InChI=1S/C13H11N5O2/c14-11-6-18-4-3-15-13(18)12(17-11)16-8-1-2-9-10(5-8)20-7-19-9/h1-6H,7,14H2,(H,16,17). The lowest BCUT2D eigenvalue weighted by molar-refractivity contribution is 0.174. The molecule has 100 valence electrons. The van der Waals surface area contributed by atoms with E-state index in [9.17, 15) is 0 Å². The zero-order chi connectivity index (χ0) is 13.5. The molecule has 1 aliphatic rings. The van der Waals surface area contributed by atoms with E-state index in [0.717, 1.165) is 11.4 Å². The molecule has 0 radical (unpaired) electrons. The molecule has 1 aromatic carbocycles. The summed E-state index contributed by atoms with van der Waals surface area (Å²) < 4.78 is 12.4. The summed E-state index contributed by atoms with van der Waals surface area (Å²) >= 11 is 0. The number of nitrogens with zero attached hydrogens (tertiary/aromatic N) is 3. The minimum Gasteiger partial charge on any atom is -0.454 e. The molecule has 0 fully saturated rings. The second-order valence-corrected chi connectivity index (χ2v) is 4.37. The lowest BCUT2D eigenvalue weighted by atomic mass is 10.3. The fourth-order valence-corrected chi connectivity index (χ4v) is 2.15. The second-order valence-electron chi connectivity index (χ2n) is 4.37. The van der Waals surface area contributed by atoms with Crippen molar-refractivity contribution in [2.75, 3.05) is 17.8 Å². The molecule has 3 aromatic rings. The van der Waals surface area contributed by atoms with Gasteiger partial charge in [0, 0.05) is 24.1 Å². The molecule has 7 nitrogen and oxygen atoms in total. The Balaban J connectivity index is 1.75. The van der Waals surface area contributed by atoms with Crippen molar-refractivity contribution in [2.45, 2.75) is 0 Å². The van der Waals surface area contributed by atoms with Crippen molar-refractivity contribution in [3.05, 3.63) is 36.8 Å². The minimum atomic E-state index is 0.250. The topological polar surface area (TPSA) is 86.7 Å². The fourth-order valence-electron chi connectivity index (χ4n) is 2.15. The highest BCUT2D eigenvalue weighted by Crippen LogP contribution is 2.35. The first-order chi connectivity index (χ1) is 9.79. The van der Waals surface area contributed by atoms with Crippen molar-refractivity contribution in [3.63, 3.8) is 0 Å². The number of nitrogens with one attached hydrogen (secondary N) is 1. The van der Waals surface area contributed by atoms with Crippen molar-refractivity contribution < 1.29 is 9.47 Å². The van der Waals surface area contributed by atoms with Crippen LogP contribution < -0.4 is 20.5 Å². The Kier molecular flexibility index (Phi) is 2.19. The second kappa shape index (κ2) is 4.02. The molecule has 0 saturated heterocycles. The highest BCUT2D eigenvalue weighted by molar-refractivity contribution is 5.72. The van der Waals surface area contributed by atoms with Crippen molar-refractivity contribution >= 4 is 23.0 Å². The smallest absolute Gasteiger partial charge is 0.231 e. The number of hydrogen-bond acceptors (Lipinski definition) is 6. The molecule has 0 aliphatic carbocycles. The molecule has 0 unspecified atom stereocenters. The predicted octanol–water partition coefficient (Wildman–Crippen LogP) is 1.78. The molecule has 0 saturated carbocycles. The number of hydrogen-bond donors (Lipinski definition) is 2. The van der Waals surface area contributed by atoms with Crippen molar-refractivity contribution in [1.29, 1.82) is 0 Å². The largest absolute Gasteiger partial charge is 0.454 e. The molecule has 3 N–H and O–H groups in total. The van der Waals surface area contributed by atoms with Gasteiger partial charge in [0.05, 0.1) is 6.20 Å². The first-order valence-electron chi connectivity index (χ1n) is 6.05. The van der Waals surface area contributed by atoms with Gasteiger partial charge in [0.15, 0.2) is 23.0 Å². The zero-order valence-electron chi connectivity index (χ0n) is 10.4. The predicted molar refractivity (Wildman–Crippen MR) is 73.2 cm³/mol. The monoisotopic (exact) mass is 269 g/mol. The molecule has 20 heavy (non-hydrogen) atoms. The van der Waals surface area contributed by atoms with Crippen LogP contribution in [0.2, 0.25) is 0 Å². The summed E-state index contributed by atoms with van der Waals surface area (Å²) in [5.74, 6) is 2.45. The van der Waals surface area contributed by atoms with Crippen LogP contribution in [0.15, 0.2) is 36.8 Å². The third-order valence-electron chi connectivity index (χ3n) is 3.03. The number of anilines is 3. The number of aromatic nitrogens is 3. The van der Waals surface area contributed by atoms with Crippen LogP contribution in [0.4, 0.5) is 17.3 Å². The highest BCUT2D eigenvalue weighted by Gasteiger charge is 2.14. The third-order valence-corrected chi connectivity index (χ3v) is 3.03. The van der Waals surface area contributed by atoms with Gasteiger partial charge in [-0.05, 0) is 12.1 Å². The van der Waals surface area contributed by atoms with Crippen molar-refractivity contribution in [3.8, 4) is 11.5 Å². The van der Waals surface area contributed by atoms with Gasteiger partial charge >= 0.3 is 0 Å². The normalized spacial score (nSPS) is 12.8. The number of imidazole rings is 1. The SMILES string of the molecule is Nc1cn2ccnc2c(Nc2ccc3c(c2)OCO3)n1. The number of ether oxygens (including phenoxy) is 2. The maximum absolute atomic E-state index is 5.78. The van der Waals surface area contributed by atoms with E-state index in [2.05, 4.69) is 15.3 Å². The van der Waals surface area contributed by atoms with Gasteiger partial charge in [-0.25, -0.2) is 9.97 Å². The van der Waals surface area contributed by atoms with Crippen molar-refractivity contribution in [2.24, 2.45) is 0 Å². The molecule has 2 aromatic heterocycles. The van der Waals surface area contributed by atoms with E-state index >= 15 is 0 Å². The Morgan fingerprint density at radius 2 is 2.15 bits per heavy atom. The van der Waals surface area contributed by atoms with Crippen LogP contribution in [0.5, 0.6) is 11.5 Å². The summed E-state index contributed by atoms with van der Waals surface area (Å²) in [6.45, 7) is 0.250. The summed E-state index contributed by atoms with van der Waals surface area (Å²) in [4.78, 5) is 8.53. The van der Waals surface area contributed by atoms with E-state index in [4.69, 9.17) is 15.2 Å². The van der Waals surface area contributed by atoms with E-state index in [1.165, 1.54) is 0 Å². The van der Waals surface area contributed by atoms with Gasteiger partial charge in [-0.3, -0.25) is 0 Å². The van der Waals surface area contributed by atoms with Crippen LogP contribution in [0.25, 0.3) is 5.65 Å². The Morgan fingerprint density at radius 3 is 3.10 bits per heavy atom. The van der Waals surface area contributed by atoms with Crippen LogP contribution in [0, 0.1) is 0 Å². The average molecular weight is 269 g/mol. The lowest BCUT2D eigenvalue weighted by Gasteiger charge is -2.08. The fraction of sp³-hybridized carbons (Fsp3) is 0.0769. The summed E-state index contributed by atoms with van der Waals surface area (Å²) in [6.07, 6.45) is 5.23. The lowest BCUT2D eigenvalue weighted by Crippen LogP contribution is -2.01. The Labute approximate surface area is 114 Å². The van der Waals surface area contributed by atoms with Gasteiger partial charge in [-0.2, -0.15) is 0 Å². The van der Waals surface area contributed by atoms with Crippen LogP contribution >= 0.6 is 0 Å². The molecule has 3 heterocycles. The van der Waals surface area contributed by atoms with Crippen LogP contribution in [0.1, 0.15) is 0 Å². The molecule has 0 spiro atoms. The molecular weight excluding hydrogens is 258 g/mol. The van der Waals surface area contributed by atoms with Gasteiger partial charge in [-0.15, -0.1) is 0 Å². The van der Waals surface area contributed by atoms with E-state index in [0.29, 0.717) is 23.0 Å². The van der Waals surface area contributed by atoms with Crippen LogP contribution in [-0.4, -0.2) is 21.2 Å². The summed E-state index contributed by atoms with van der Waals surface area (Å²) in [5.41, 5.74) is 7.32. The number of benzene rings is 1. The van der Waals surface area contributed by atoms with Gasteiger partial charge < -0.3 is 24.9 Å². The molecule has 4 rings (SSSR count). The van der Waals surface area contributed by atoms with E-state index < -0.39 is 0 Å². The summed E-state index contributed by atoms with van der Waals surface area (Å²) in [7, 11) is 0. The Hall–Kier alpha value is -2.96. The van der Waals surface area contributed by atoms with Crippen LogP contribution in [-0.2, 0) is 0 Å². The highest BCUT2D eigenvalue weighted by atomic mass is 16.7. The first-order valence-corrected chi connectivity index (χ1v) is 6.05. The van der Waals surface area contributed by atoms with Gasteiger partial charge in [0.1, 0.15) is 5.82 Å². The molecule has 0 amide bonds. The van der Waals surface area contributed by atoms with Crippen molar-refractivity contribution in [1.82, 2.24) is 14.4 Å². The molecule has 7 heteroatoms. The Morgan fingerprint density at radius 1 is 1.25 bits per heavy atom. The van der Waals surface area contributed by atoms with E-state index in [-0.39, 0.29) is 6.79 Å². The van der Waals surface area contributed by atoms with Gasteiger partial charge in [-0.1, -0.05) is 0 Å². The average Bonchev–Trinajstić information content (AvgIpc) is 3.05. The quantitative estimate of drug-likeness (QED) is 0.737. The summed E-state index contributed by atoms with van der Waals surface area (Å²) in [6, 6.07) is 5.59. The third kappa shape index (κ3) is 1.68. The molecule has 1 aliphatic heterocycles. The Bertz CT molecular complexity index is 799. The zero-order valence-corrected chi connectivity index (χ0v) is 10.4. The van der Waals surface area contributed by atoms with Gasteiger partial charge in [0.2, 0.25) is 6.79 Å². The molecular formula is C13H11N5O2. The maximum atomic E-state index is 5.78. The van der Waals surface area contributed by atoms with E-state index in [1.54, 1.807) is 12.4 Å². The number of nitrogen functional groups attached to an aromatic ring is 1. The molecule has 0 atom stereocenters. The first kappa shape index (κ1) is 10.9. The summed E-state index contributed by atoms with van der Waals surface area (Å²) in [5, 5.41) is 3.19. The minimum absolute atomic E-state index is 0.250. The maximum Gasteiger partial charge on any atom is 0.231 e. The van der Waals surface area contributed by atoms with E-state index in [1.807, 2.05) is 28.8 Å². The number of nitrogens with two attached hydrogens (primary N) is 1. The van der Waals surface area contributed by atoms with Crippen LogP contribution in [0.3, 0.4) is 0 Å². The molecule has 0 bridgehead atoms. The number of fused-ring (bicyclic) bond motifs is 2. The van der Waals surface area contributed by atoms with Gasteiger partial charge in [0.25, 0.3) is 0 Å².